The first-order valence-electron chi connectivity index (χ1n) is 8.48. The van der Waals surface area contributed by atoms with Gasteiger partial charge in [0, 0.05) is 37.7 Å². The molecule has 1 aromatic heterocycles. The van der Waals surface area contributed by atoms with E-state index in [-0.39, 0.29) is 11.8 Å². The molecule has 0 spiro atoms. The highest BCUT2D eigenvalue weighted by Gasteiger charge is 2.18. The molecular formula is C18H23N5O2. The van der Waals surface area contributed by atoms with Gasteiger partial charge in [-0.1, -0.05) is 6.07 Å². The molecule has 132 valence electrons. The number of hydrogen-bond acceptors (Lipinski definition) is 4. The molecule has 1 saturated heterocycles. The molecule has 0 aliphatic carbocycles. The number of amides is 2. The topological polar surface area (TPSA) is 79.3 Å². The molecular weight excluding hydrogens is 318 g/mol. The van der Waals surface area contributed by atoms with E-state index < -0.39 is 6.04 Å². The molecule has 7 nitrogen and oxygen atoms in total. The number of anilines is 2. The Balaban J connectivity index is 1.59. The lowest BCUT2D eigenvalue weighted by atomic mass is 10.2. The number of benzene rings is 1. The van der Waals surface area contributed by atoms with E-state index in [0.717, 1.165) is 24.5 Å². The second-order valence-electron chi connectivity index (χ2n) is 6.33. The van der Waals surface area contributed by atoms with Gasteiger partial charge in [-0.05, 0) is 38.0 Å². The highest BCUT2D eigenvalue weighted by atomic mass is 16.2. The predicted molar refractivity (Wildman–Crippen MR) is 96.7 cm³/mol. The standard InChI is InChI=1S/C18H23N5O2/c1-13(20-18(25)14-11-19-22(2)12-14)17(24)21-15-6-5-7-16(10-15)23-8-3-4-9-23/h5-7,10-13H,3-4,8-9H2,1-2H3,(H,20,25)(H,21,24)/t13-/m1/s1. The van der Waals surface area contributed by atoms with Crippen molar-refractivity contribution in [2.45, 2.75) is 25.8 Å². The van der Waals surface area contributed by atoms with Gasteiger partial charge in [-0.25, -0.2) is 0 Å². The van der Waals surface area contributed by atoms with Crippen LogP contribution in [0, 0.1) is 0 Å². The zero-order chi connectivity index (χ0) is 17.8. The summed E-state index contributed by atoms with van der Waals surface area (Å²) in [6, 6.07) is 7.16. The summed E-state index contributed by atoms with van der Waals surface area (Å²) in [7, 11) is 1.74. The summed E-state index contributed by atoms with van der Waals surface area (Å²) in [4.78, 5) is 26.8. The number of carbonyl (C=O) groups excluding carboxylic acids is 2. The van der Waals surface area contributed by atoms with Crippen LogP contribution in [0.25, 0.3) is 0 Å². The van der Waals surface area contributed by atoms with Crippen molar-refractivity contribution >= 4 is 23.2 Å². The van der Waals surface area contributed by atoms with Crippen LogP contribution in [0.15, 0.2) is 36.7 Å². The fourth-order valence-corrected chi connectivity index (χ4v) is 2.89. The van der Waals surface area contributed by atoms with E-state index in [1.54, 1.807) is 24.9 Å². The van der Waals surface area contributed by atoms with Crippen LogP contribution >= 0.6 is 0 Å². The van der Waals surface area contributed by atoms with E-state index in [1.165, 1.54) is 19.0 Å². The quantitative estimate of drug-likeness (QED) is 0.869. The summed E-state index contributed by atoms with van der Waals surface area (Å²) < 4.78 is 1.55. The normalized spacial score (nSPS) is 15.0. The SMILES string of the molecule is C[C@@H](NC(=O)c1cnn(C)c1)C(=O)Nc1cccc(N2CCCC2)c1. The molecule has 25 heavy (non-hydrogen) atoms. The summed E-state index contributed by atoms with van der Waals surface area (Å²) >= 11 is 0. The maximum Gasteiger partial charge on any atom is 0.255 e. The molecule has 0 unspecified atom stereocenters. The molecule has 1 atom stereocenters. The van der Waals surface area contributed by atoms with Gasteiger partial charge in [-0.3, -0.25) is 14.3 Å². The summed E-state index contributed by atoms with van der Waals surface area (Å²) in [5.74, 6) is -0.572. The number of rotatable bonds is 5. The molecule has 2 N–H and O–H groups in total. The van der Waals surface area contributed by atoms with Crippen molar-refractivity contribution in [1.82, 2.24) is 15.1 Å². The number of nitrogens with one attached hydrogen (secondary N) is 2. The summed E-state index contributed by atoms with van der Waals surface area (Å²) in [5, 5.41) is 9.51. The van der Waals surface area contributed by atoms with E-state index >= 15 is 0 Å². The van der Waals surface area contributed by atoms with Gasteiger partial charge in [-0.2, -0.15) is 5.10 Å². The van der Waals surface area contributed by atoms with Gasteiger partial charge in [-0.15, -0.1) is 0 Å². The van der Waals surface area contributed by atoms with E-state index in [4.69, 9.17) is 0 Å². The van der Waals surface area contributed by atoms with E-state index in [9.17, 15) is 9.59 Å². The molecule has 2 amide bonds. The Kier molecular flexibility index (Phi) is 5.02. The molecule has 0 bridgehead atoms. The Bertz CT molecular complexity index is 764. The Morgan fingerprint density at radius 2 is 2.00 bits per heavy atom. The minimum absolute atomic E-state index is 0.254. The molecule has 0 radical (unpaired) electrons. The largest absolute Gasteiger partial charge is 0.371 e. The third-order valence-electron chi connectivity index (χ3n) is 4.29. The van der Waals surface area contributed by atoms with Gasteiger partial charge in [0.1, 0.15) is 6.04 Å². The summed E-state index contributed by atoms with van der Waals surface area (Å²) in [6.07, 6.45) is 5.49. The van der Waals surface area contributed by atoms with Crippen molar-refractivity contribution in [1.29, 1.82) is 0 Å². The number of hydrogen-bond donors (Lipinski definition) is 2. The highest BCUT2D eigenvalue weighted by molar-refractivity contribution is 6.00. The fourth-order valence-electron chi connectivity index (χ4n) is 2.89. The minimum atomic E-state index is -0.650. The Morgan fingerprint density at radius 1 is 1.24 bits per heavy atom. The van der Waals surface area contributed by atoms with Crippen LogP contribution in [-0.4, -0.2) is 40.7 Å². The van der Waals surface area contributed by atoms with E-state index in [1.807, 2.05) is 18.2 Å². The highest BCUT2D eigenvalue weighted by Crippen LogP contribution is 2.23. The van der Waals surface area contributed by atoms with Crippen molar-refractivity contribution in [3.05, 3.63) is 42.2 Å². The van der Waals surface area contributed by atoms with Gasteiger partial charge in [0.05, 0.1) is 11.8 Å². The smallest absolute Gasteiger partial charge is 0.255 e. The van der Waals surface area contributed by atoms with Gasteiger partial charge in [0.2, 0.25) is 5.91 Å². The number of aryl methyl sites for hydroxylation is 1. The maximum absolute atomic E-state index is 12.4. The first-order chi connectivity index (χ1) is 12.0. The lowest BCUT2D eigenvalue weighted by Gasteiger charge is -2.19. The Hall–Kier alpha value is -2.83. The lowest BCUT2D eigenvalue weighted by molar-refractivity contribution is -0.117. The summed E-state index contributed by atoms with van der Waals surface area (Å²) in [6.45, 7) is 3.76. The van der Waals surface area contributed by atoms with Crippen molar-refractivity contribution in [2.75, 3.05) is 23.3 Å². The van der Waals surface area contributed by atoms with Crippen LogP contribution < -0.4 is 15.5 Å². The average Bonchev–Trinajstić information content (AvgIpc) is 3.26. The van der Waals surface area contributed by atoms with E-state index in [0.29, 0.717) is 5.56 Å². The molecule has 2 heterocycles. The average molecular weight is 341 g/mol. The van der Waals surface area contributed by atoms with Crippen LogP contribution in [0.1, 0.15) is 30.1 Å². The second kappa shape index (κ2) is 7.38. The van der Waals surface area contributed by atoms with Crippen LogP contribution in [0.4, 0.5) is 11.4 Å². The number of carbonyl (C=O) groups is 2. The minimum Gasteiger partial charge on any atom is -0.371 e. The molecule has 0 saturated carbocycles. The zero-order valence-electron chi connectivity index (χ0n) is 14.5. The zero-order valence-corrected chi connectivity index (χ0v) is 14.5. The van der Waals surface area contributed by atoms with Crippen LogP contribution in [0.5, 0.6) is 0 Å². The lowest BCUT2D eigenvalue weighted by Crippen LogP contribution is -2.41. The van der Waals surface area contributed by atoms with Crippen molar-refractivity contribution in [2.24, 2.45) is 7.05 Å². The second-order valence-corrected chi connectivity index (χ2v) is 6.33. The Morgan fingerprint density at radius 3 is 2.68 bits per heavy atom. The third kappa shape index (κ3) is 4.17. The fraction of sp³-hybridized carbons (Fsp3) is 0.389. The third-order valence-corrected chi connectivity index (χ3v) is 4.29. The first-order valence-corrected chi connectivity index (χ1v) is 8.48. The maximum atomic E-state index is 12.4. The number of nitrogens with zero attached hydrogens (tertiary/aromatic N) is 3. The Labute approximate surface area is 147 Å². The summed E-state index contributed by atoms with van der Waals surface area (Å²) in [5.41, 5.74) is 2.28. The van der Waals surface area contributed by atoms with E-state index in [2.05, 4.69) is 26.7 Å². The molecule has 1 aliphatic rings. The van der Waals surface area contributed by atoms with Crippen molar-refractivity contribution in [3.8, 4) is 0 Å². The van der Waals surface area contributed by atoms with Gasteiger partial charge < -0.3 is 15.5 Å². The van der Waals surface area contributed by atoms with Crippen molar-refractivity contribution in [3.63, 3.8) is 0 Å². The number of aromatic nitrogens is 2. The van der Waals surface area contributed by atoms with Crippen LogP contribution in [-0.2, 0) is 11.8 Å². The van der Waals surface area contributed by atoms with Gasteiger partial charge in [0.25, 0.3) is 5.91 Å². The van der Waals surface area contributed by atoms with Gasteiger partial charge in [0.15, 0.2) is 0 Å². The molecule has 7 heteroatoms. The first kappa shape index (κ1) is 17.0. The molecule has 1 fully saturated rings. The predicted octanol–water partition coefficient (Wildman–Crippen LogP) is 1.78. The molecule has 1 aromatic carbocycles. The van der Waals surface area contributed by atoms with Crippen LogP contribution in [0.2, 0.25) is 0 Å². The molecule has 3 rings (SSSR count). The molecule has 2 aromatic rings. The monoisotopic (exact) mass is 341 g/mol. The van der Waals surface area contributed by atoms with Gasteiger partial charge >= 0.3 is 0 Å². The molecule has 1 aliphatic heterocycles. The van der Waals surface area contributed by atoms with Crippen molar-refractivity contribution < 1.29 is 9.59 Å². The van der Waals surface area contributed by atoms with Crippen LogP contribution in [0.3, 0.4) is 0 Å².